The van der Waals surface area contributed by atoms with Gasteiger partial charge in [-0.2, -0.15) is 0 Å². The summed E-state index contributed by atoms with van der Waals surface area (Å²) >= 11 is 0. The molecule has 0 aliphatic carbocycles. The zero-order chi connectivity index (χ0) is 38.0. The maximum atomic E-state index is 6.26. The van der Waals surface area contributed by atoms with Gasteiger partial charge in [-0.3, -0.25) is 0 Å². The molecule has 2 aromatic carbocycles. The average Bonchev–Trinajstić information content (AvgIpc) is 4.04. The molecule has 0 atom stereocenters. The Balaban J connectivity index is 0.00000455. The summed E-state index contributed by atoms with van der Waals surface area (Å²) in [4.78, 5) is 17.6. The van der Waals surface area contributed by atoms with Gasteiger partial charge in [0.15, 0.2) is 0 Å². The third kappa shape index (κ3) is 9.02. The first-order chi connectivity index (χ1) is 27.4. The number of piperidine rings is 2. The van der Waals surface area contributed by atoms with Crippen LogP contribution in [0.1, 0.15) is 61.3 Å². The number of likely N-dealkylation sites (tertiary alicyclic amines) is 2. The van der Waals surface area contributed by atoms with E-state index < -0.39 is 0 Å². The SMILES string of the molecule is C[N+]1(CCOc2ccc(-c3c4nc(cc5ccc([nH]5)c(-c5ccc(OCC[N+]6(C)CCCCC6)cc5)c5nc(cc6ccc3[nH]6)C=C5)C=C4)cc2)CCCCC1.[Zn+2]. The molecule has 9 heteroatoms. The molecule has 9 rings (SSSR count). The fourth-order valence-corrected chi connectivity index (χ4v) is 8.88. The number of nitrogens with one attached hydrogen (secondary N) is 2. The number of H-pyrrole nitrogens is 2. The number of rotatable bonds is 10. The fraction of sp³-hybridized carbons (Fsp3) is 0.333. The number of benzene rings is 2. The third-order valence-electron chi connectivity index (χ3n) is 12.3. The predicted molar refractivity (Wildman–Crippen MR) is 230 cm³/mol. The number of quaternary nitrogens is 2. The van der Waals surface area contributed by atoms with E-state index in [4.69, 9.17) is 19.4 Å². The van der Waals surface area contributed by atoms with Crippen LogP contribution >= 0.6 is 0 Å². The van der Waals surface area contributed by atoms with E-state index >= 15 is 0 Å². The van der Waals surface area contributed by atoms with Crippen LogP contribution in [0.25, 0.3) is 68.6 Å². The minimum atomic E-state index is 0. The summed E-state index contributed by atoms with van der Waals surface area (Å²) in [6, 6.07) is 29.7. The molecule has 0 spiro atoms. The van der Waals surface area contributed by atoms with Gasteiger partial charge in [-0.1, -0.05) is 24.3 Å². The normalized spacial score (nSPS) is 16.9. The van der Waals surface area contributed by atoms with Gasteiger partial charge in [0.2, 0.25) is 0 Å². The summed E-state index contributed by atoms with van der Waals surface area (Å²) in [7, 11) is 4.73. The van der Waals surface area contributed by atoms with Crippen LogP contribution in [-0.2, 0) is 19.5 Å². The summed E-state index contributed by atoms with van der Waals surface area (Å²) in [5, 5.41) is 0. The quantitative estimate of drug-likeness (QED) is 0.107. The van der Waals surface area contributed by atoms with Crippen LogP contribution in [0.2, 0.25) is 0 Å². The molecule has 3 aromatic heterocycles. The van der Waals surface area contributed by atoms with Crippen molar-refractivity contribution in [3.63, 3.8) is 0 Å². The van der Waals surface area contributed by atoms with E-state index in [1.54, 1.807) is 0 Å². The minimum absolute atomic E-state index is 0. The third-order valence-corrected chi connectivity index (χ3v) is 12.3. The Labute approximate surface area is 349 Å². The summed E-state index contributed by atoms with van der Waals surface area (Å²) in [6.07, 6.45) is 16.4. The summed E-state index contributed by atoms with van der Waals surface area (Å²) in [6.45, 7) is 8.53. The first-order valence-corrected chi connectivity index (χ1v) is 20.6. The van der Waals surface area contributed by atoms with E-state index in [9.17, 15) is 0 Å². The van der Waals surface area contributed by atoms with Crippen molar-refractivity contribution in [2.24, 2.45) is 0 Å². The number of hydrogen-bond acceptors (Lipinski definition) is 4. The molecule has 286 valence electrons. The first-order valence-electron chi connectivity index (χ1n) is 20.6. The van der Waals surface area contributed by atoms with Crippen molar-refractivity contribution in [1.82, 2.24) is 19.9 Å². The Morgan fingerprint density at radius 2 is 0.912 bits per heavy atom. The number of aromatic amines is 2. The molecule has 8 bridgehead atoms. The van der Waals surface area contributed by atoms with E-state index in [1.807, 2.05) is 0 Å². The van der Waals surface area contributed by atoms with Crippen LogP contribution in [0.4, 0.5) is 0 Å². The van der Waals surface area contributed by atoms with Crippen molar-refractivity contribution in [3.05, 3.63) is 108 Å². The second-order valence-electron chi connectivity index (χ2n) is 16.7. The maximum absolute atomic E-state index is 6.26. The van der Waals surface area contributed by atoms with Crippen LogP contribution in [-0.4, -0.2) is 95.5 Å². The second kappa shape index (κ2) is 17.0. The van der Waals surface area contributed by atoms with Crippen LogP contribution in [0, 0.1) is 0 Å². The Morgan fingerprint density at radius 3 is 1.32 bits per heavy atom. The molecule has 4 aliphatic heterocycles. The van der Waals surface area contributed by atoms with E-state index in [2.05, 4.69) is 133 Å². The number of nitrogens with zero attached hydrogens (tertiary/aromatic N) is 4. The fourth-order valence-electron chi connectivity index (χ4n) is 8.88. The van der Waals surface area contributed by atoms with Gasteiger partial charge >= 0.3 is 19.5 Å². The Hall–Kier alpha value is -4.82. The monoisotopic (exact) mass is 810 g/mol. The molecule has 0 radical (unpaired) electrons. The van der Waals surface area contributed by atoms with Gasteiger partial charge in [-0.25, -0.2) is 9.97 Å². The minimum Gasteiger partial charge on any atom is -0.488 e. The second-order valence-corrected chi connectivity index (χ2v) is 16.7. The molecule has 8 nitrogen and oxygen atoms in total. The van der Waals surface area contributed by atoms with Gasteiger partial charge < -0.3 is 28.4 Å². The van der Waals surface area contributed by atoms with Gasteiger partial charge in [0.25, 0.3) is 0 Å². The first kappa shape index (κ1) is 39.0. The van der Waals surface area contributed by atoms with Crippen LogP contribution in [0.3, 0.4) is 0 Å². The van der Waals surface area contributed by atoms with Gasteiger partial charge in [0, 0.05) is 33.2 Å². The average molecular weight is 812 g/mol. The van der Waals surface area contributed by atoms with Crippen molar-refractivity contribution in [2.75, 3.05) is 66.6 Å². The van der Waals surface area contributed by atoms with Crippen LogP contribution < -0.4 is 9.47 Å². The Bertz CT molecular complexity index is 2250. The molecule has 0 saturated carbocycles. The Morgan fingerprint density at radius 1 is 0.509 bits per heavy atom. The van der Waals surface area contributed by atoms with Crippen molar-refractivity contribution in [2.45, 2.75) is 38.5 Å². The zero-order valence-electron chi connectivity index (χ0n) is 33.6. The molecule has 4 aliphatic rings. The van der Waals surface area contributed by atoms with Crippen molar-refractivity contribution >= 4 is 46.4 Å². The number of fused-ring (bicyclic) bond motifs is 8. The molecule has 7 heterocycles. The van der Waals surface area contributed by atoms with E-state index in [1.165, 1.54) is 64.7 Å². The Kier molecular flexibility index (Phi) is 11.6. The van der Waals surface area contributed by atoms with Gasteiger partial charge in [0.05, 0.1) is 63.1 Å². The zero-order valence-corrected chi connectivity index (χ0v) is 36.6. The molecular weight excluding hydrogens is 758 g/mol. The van der Waals surface area contributed by atoms with Gasteiger partial charge in [-0.05, 0) is 135 Å². The van der Waals surface area contributed by atoms with Crippen molar-refractivity contribution in [1.29, 1.82) is 0 Å². The summed E-state index contributed by atoms with van der Waals surface area (Å²) in [5.74, 6) is 1.80. The topological polar surface area (TPSA) is 75.8 Å². The number of likely N-dealkylation sites (N-methyl/N-ethyl adjacent to an activating group) is 2. The summed E-state index contributed by atoms with van der Waals surface area (Å²) < 4.78 is 14.7. The smallest absolute Gasteiger partial charge is 0.488 e. The van der Waals surface area contributed by atoms with E-state index in [0.717, 1.165) is 114 Å². The largest absolute Gasteiger partial charge is 2.00 e. The molecule has 5 aromatic rings. The number of aromatic nitrogens is 4. The van der Waals surface area contributed by atoms with E-state index in [-0.39, 0.29) is 19.5 Å². The van der Waals surface area contributed by atoms with Crippen LogP contribution in [0.15, 0.2) is 84.9 Å². The van der Waals surface area contributed by atoms with Crippen molar-refractivity contribution in [3.8, 4) is 33.8 Å². The van der Waals surface area contributed by atoms with E-state index in [0.29, 0.717) is 0 Å². The maximum Gasteiger partial charge on any atom is 2.00 e. The van der Waals surface area contributed by atoms with Crippen LogP contribution in [0.5, 0.6) is 11.5 Å². The molecular formula is C48H54N6O2Zn+4. The molecule has 57 heavy (non-hydrogen) atoms. The van der Waals surface area contributed by atoms with Gasteiger partial charge in [0.1, 0.15) is 37.8 Å². The predicted octanol–water partition coefficient (Wildman–Crippen LogP) is 10.0. The molecule has 0 unspecified atom stereocenters. The standard InChI is InChI=1S/C48H54N6O2.Zn/c1-53(25-5-3-6-26-53)29-31-55-41-17-9-35(10-18-41)47-43-21-13-37(49-43)33-39-15-23-45(51-39)48(46-24-16-40(52-46)34-38-14-22-44(47)50-38)36-11-19-42(20-12-36)56-32-30-54(2)27-7-4-8-28-54;/h9-24,33-34,49,52H,3-8,25-32H2,1-2H3;/q2*+2. The molecule has 2 fully saturated rings. The number of hydrogen-bond donors (Lipinski definition) is 2. The molecule has 2 saturated heterocycles. The summed E-state index contributed by atoms with van der Waals surface area (Å²) in [5.41, 5.74) is 11.8. The van der Waals surface area contributed by atoms with Crippen molar-refractivity contribution < 1.29 is 37.9 Å². The number of ether oxygens (including phenoxy) is 2. The van der Waals surface area contributed by atoms with Gasteiger partial charge in [-0.15, -0.1) is 0 Å². The molecule has 0 amide bonds. The molecule has 2 N–H and O–H groups in total.